The van der Waals surface area contributed by atoms with Crippen molar-refractivity contribution in [2.75, 3.05) is 19.7 Å². The van der Waals surface area contributed by atoms with Crippen LogP contribution in [-0.2, 0) is 9.53 Å². The van der Waals surface area contributed by atoms with Crippen molar-refractivity contribution in [1.29, 1.82) is 0 Å². The van der Waals surface area contributed by atoms with Crippen LogP contribution in [-0.4, -0.2) is 25.7 Å². The highest BCUT2D eigenvalue weighted by Gasteiger charge is 2.22. The Balaban J connectivity index is 1.57. The minimum Gasteiger partial charge on any atom is -0.465 e. The molecule has 0 aromatic heterocycles. The van der Waals surface area contributed by atoms with Crippen molar-refractivity contribution < 1.29 is 9.53 Å². The summed E-state index contributed by atoms with van der Waals surface area (Å²) in [6, 6.07) is 0. The van der Waals surface area contributed by atoms with E-state index >= 15 is 0 Å². The minimum absolute atomic E-state index is 0.00315. The summed E-state index contributed by atoms with van der Waals surface area (Å²) in [6.07, 6.45) is 5.74. The van der Waals surface area contributed by atoms with Gasteiger partial charge in [0.05, 0.1) is 13.0 Å². The van der Waals surface area contributed by atoms with Gasteiger partial charge in [0.1, 0.15) is 0 Å². The molecule has 80 valence electrons. The Morgan fingerprint density at radius 1 is 1.21 bits per heavy atom. The molecule has 1 saturated carbocycles. The summed E-state index contributed by atoms with van der Waals surface area (Å²) in [4.78, 5) is 11.4. The lowest BCUT2D eigenvalue weighted by Gasteiger charge is -2.26. The van der Waals surface area contributed by atoms with Crippen LogP contribution in [0.5, 0.6) is 0 Å². The van der Waals surface area contributed by atoms with E-state index in [9.17, 15) is 4.79 Å². The highest BCUT2D eigenvalue weighted by Crippen LogP contribution is 2.24. The third kappa shape index (κ3) is 2.71. The number of hydrogen-bond acceptors (Lipinski definition) is 3. The van der Waals surface area contributed by atoms with Gasteiger partial charge < -0.3 is 10.1 Å². The van der Waals surface area contributed by atoms with E-state index in [0.717, 1.165) is 13.1 Å². The Morgan fingerprint density at radius 3 is 2.50 bits per heavy atom. The van der Waals surface area contributed by atoms with Crippen molar-refractivity contribution in [2.45, 2.75) is 32.1 Å². The lowest BCUT2D eigenvalue weighted by Crippen LogP contribution is -2.43. The molecular formula is C11H19NO2. The lowest BCUT2D eigenvalue weighted by atomic mass is 10.00. The molecule has 1 saturated heterocycles. The average molecular weight is 197 g/mol. The van der Waals surface area contributed by atoms with Gasteiger partial charge in [0.25, 0.3) is 0 Å². The van der Waals surface area contributed by atoms with Crippen LogP contribution in [0.25, 0.3) is 0 Å². The molecule has 3 heteroatoms. The summed E-state index contributed by atoms with van der Waals surface area (Å²) < 4.78 is 5.27. The van der Waals surface area contributed by atoms with Crippen LogP contribution in [0.2, 0.25) is 0 Å². The molecule has 0 spiro atoms. The molecule has 1 aliphatic carbocycles. The second kappa shape index (κ2) is 4.78. The fraction of sp³-hybridized carbons (Fsp3) is 0.909. The van der Waals surface area contributed by atoms with Gasteiger partial charge in [0.15, 0.2) is 0 Å². The first kappa shape index (κ1) is 9.97. The van der Waals surface area contributed by atoms with Gasteiger partial charge in [0, 0.05) is 0 Å². The molecule has 1 N–H and O–H groups in total. The average Bonchev–Trinajstić information content (AvgIpc) is 2.60. The Morgan fingerprint density at radius 2 is 1.93 bits per heavy atom. The molecule has 2 fully saturated rings. The second-order valence-corrected chi connectivity index (χ2v) is 4.56. The van der Waals surface area contributed by atoms with Crippen LogP contribution in [0.4, 0.5) is 0 Å². The van der Waals surface area contributed by atoms with Gasteiger partial charge in [-0.2, -0.15) is 0 Å². The summed E-state index contributed by atoms with van der Waals surface area (Å²) in [6.45, 7) is 2.63. The Labute approximate surface area is 85.2 Å². The number of nitrogens with one attached hydrogen (secondary N) is 1. The smallest absolute Gasteiger partial charge is 0.306 e. The maximum Gasteiger partial charge on any atom is 0.306 e. The molecule has 0 aromatic rings. The van der Waals surface area contributed by atoms with E-state index < -0.39 is 0 Å². The Kier molecular flexibility index (Phi) is 3.40. The van der Waals surface area contributed by atoms with Crippen LogP contribution in [0.3, 0.4) is 0 Å². The summed E-state index contributed by atoms with van der Waals surface area (Å²) in [7, 11) is 0. The van der Waals surface area contributed by atoms with Crippen molar-refractivity contribution in [3.8, 4) is 0 Å². The standard InChI is InChI=1S/C11H19NO2/c13-11(5-10-6-12-7-10)14-8-9-3-1-2-4-9/h9-10,12H,1-8H2. The zero-order valence-corrected chi connectivity index (χ0v) is 8.63. The van der Waals surface area contributed by atoms with Gasteiger partial charge in [-0.15, -0.1) is 0 Å². The highest BCUT2D eigenvalue weighted by molar-refractivity contribution is 5.69. The summed E-state index contributed by atoms with van der Waals surface area (Å²) in [5.74, 6) is 1.19. The van der Waals surface area contributed by atoms with Gasteiger partial charge in [-0.25, -0.2) is 0 Å². The molecular weight excluding hydrogens is 178 g/mol. The van der Waals surface area contributed by atoms with Crippen molar-refractivity contribution in [2.24, 2.45) is 11.8 Å². The molecule has 3 nitrogen and oxygen atoms in total. The van der Waals surface area contributed by atoms with Gasteiger partial charge in [-0.1, -0.05) is 12.8 Å². The van der Waals surface area contributed by atoms with Crippen LogP contribution in [0.15, 0.2) is 0 Å². The monoisotopic (exact) mass is 197 g/mol. The van der Waals surface area contributed by atoms with E-state index in [0.29, 0.717) is 24.9 Å². The number of carbonyl (C=O) groups excluding carboxylic acids is 1. The normalized spacial score (nSPS) is 23.4. The van der Waals surface area contributed by atoms with Crippen molar-refractivity contribution in [1.82, 2.24) is 5.32 Å². The fourth-order valence-corrected chi connectivity index (χ4v) is 2.18. The zero-order chi connectivity index (χ0) is 9.80. The highest BCUT2D eigenvalue weighted by atomic mass is 16.5. The van der Waals surface area contributed by atoms with Crippen LogP contribution < -0.4 is 5.32 Å². The molecule has 0 radical (unpaired) electrons. The van der Waals surface area contributed by atoms with E-state index in [4.69, 9.17) is 4.74 Å². The van der Waals surface area contributed by atoms with Crippen molar-refractivity contribution in [3.05, 3.63) is 0 Å². The second-order valence-electron chi connectivity index (χ2n) is 4.56. The predicted octanol–water partition coefficient (Wildman–Crippen LogP) is 1.33. The Bertz CT molecular complexity index is 195. The maximum atomic E-state index is 11.4. The first-order chi connectivity index (χ1) is 6.84. The molecule has 14 heavy (non-hydrogen) atoms. The number of hydrogen-bond donors (Lipinski definition) is 1. The molecule has 1 heterocycles. The molecule has 0 bridgehead atoms. The fourth-order valence-electron chi connectivity index (χ4n) is 2.18. The summed E-state index contributed by atoms with van der Waals surface area (Å²) in [5, 5.41) is 3.16. The summed E-state index contributed by atoms with van der Waals surface area (Å²) in [5.41, 5.74) is 0. The zero-order valence-electron chi connectivity index (χ0n) is 8.63. The first-order valence-corrected chi connectivity index (χ1v) is 5.71. The maximum absolute atomic E-state index is 11.4. The first-order valence-electron chi connectivity index (χ1n) is 5.71. The molecule has 2 aliphatic rings. The van der Waals surface area contributed by atoms with Gasteiger partial charge in [0.2, 0.25) is 0 Å². The topological polar surface area (TPSA) is 38.3 Å². The number of esters is 1. The van der Waals surface area contributed by atoms with E-state index in [1.807, 2.05) is 0 Å². The van der Waals surface area contributed by atoms with E-state index in [2.05, 4.69) is 5.32 Å². The van der Waals surface area contributed by atoms with Gasteiger partial charge in [-0.3, -0.25) is 4.79 Å². The third-order valence-electron chi connectivity index (χ3n) is 3.28. The SMILES string of the molecule is O=C(CC1CNC1)OCC1CCCC1. The van der Waals surface area contributed by atoms with Gasteiger partial charge in [-0.05, 0) is 37.8 Å². The predicted molar refractivity (Wildman–Crippen MR) is 53.9 cm³/mol. The van der Waals surface area contributed by atoms with Crippen molar-refractivity contribution >= 4 is 5.97 Å². The molecule has 0 aromatic carbocycles. The molecule has 0 amide bonds. The minimum atomic E-state index is 0.00315. The lowest BCUT2D eigenvalue weighted by molar-refractivity contribution is -0.146. The summed E-state index contributed by atoms with van der Waals surface area (Å²) >= 11 is 0. The Hall–Kier alpha value is -0.570. The largest absolute Gasteiger partial charge is 0.465 e. The van der Waals surface area contributed by atoms with Crippen LogP contribution in [0.1, 0.15) is 32.1 Å². The number of carbonyl (C=O) groups is 1. The molecule has 0 atom stereocenters. The van der Waals surface area contributed by atoms with Crippen LogP contribution >= 0.6 is 0 Å². The molecule has 2 rings (SSSR count). The van der Waals surface area contributed by atoms with E-state index in [1.165, 1.54) is 25.7 Å². The van der Waals surface area contributed by atoms with Crippen molar-refractivity contribution in [3.63, 3.8) is 0 Å². The van der Waals surface area contributed by atoms with E-state index in [1.54, 1.807) is 0 Å². The van der Waals surface area contributed by atoms with Gasteiger partial charge >= 0.3 is 5.97 Å². The number of rotatable bonds is 4. The van der Waals surface area contributed by atoms with Crippen LogP contribution in [0, 0.1) is 11.8 Å². The van der Waals surface area contributed by atoms with E-state index in [-0.39, 0.29) is 5.97 Å². The third-order valence-corrected chi connectivity index (χ3v) is 3.28. The number of ether oxygens (including phenoxy) is 1. The molecule has 1 aliphatic heterocycles. The molecule has 0 unspecified atom stereocenters. The quantitative estimate of drug-likeness (QED) is 0.691.